The van der Waals surface area contributed by atoms with Gasteiger partial charge in [0.25, 0.3) is 0 Å². The first-order valence-corrected chi connectivity index (χ1v) is 21.5. The zero-order chi connectivity index (χ0) is 43.0. The summed E-state index contributed by atoms with van der Waals surface area (Å²) in [6, 6.07) is 40.7. The van der Waals surface area contributed by atoms with Gasteiger partial charge in [0.2, 0.25) is 0 Å². The van der Waals surface area contributed by atoms with E-state index < -0.39 is 0 Å². The van der Waals surface area contributed by atoms with Crippen molar-refractivity contribution in [2.75, 3.05) is 13.2 Å². The molecular weight excluding hydrogens is 721 g/mol. The normalized spacial score (nSPS) is 20.8. The van der Waals surface area contributed by atoms with Gasteiger partial charge in [-0.15, -0.1) is 0 Å². The number of Topliss-reactive ketones (excluding diaryl/α,β-unsaturated/α-hetero) is 2. The first-order valence-electron chi connectivity index (χ1n) is 21.5. The smallest absolute Gasteiger partial charge is 0.184 e. The molecule has 0 bridgehead atoms. The number of carbonyl (C=O) groups excluding carboxylic acids is 2. The van der Waals surface area contributed by atoms with Crippen LogP contribution in [0.1, 0.15) is 142 Å². The second-order valence-corrected chi connectivity index (χ2v) is 12.8. The van der Waals surface area contributed by atoms with Crippen molar-refractivity contribution >= 4 is 11.6 Å². The summed E-state index contributed by atoms with van der Waals surface area (Å²) in [6.45, 7) is 20.5. The second-order valence-electron chi connectivity index (χ2n) is 12.8. The van der Waals surface area contributed by atoms with Crippen LogP contribution in [0.4, 0.5) is 0 Å². The Balaban J connectivity index is 0.000000495. The highest BCUT2D eigenvalue weighted by atomic mass is 16.7. The Morgan fingerprint density at radius 1 is 0.448 bits per heavy atom. The third-order valence-corrected chi connectivity index (χ3v) is 8.74. The molecule has 316 valence electrons. The van der Waals surface area contributed by atoms with Crippen LogP contribution in [0.3, 0.4) is 0 Å². The standard InChI is InChI=1S/2C22H24O3.4C2H6/c2*1-17(23)10-8-9-15-20-16-24-22(19-13-6-3-7-14-19)25-21(20)18-11-4-2-5-12-18;4*1-2/h2*2-9,11-14,20-22H,10,15-16H2,1H3;4*1-2H3/b2*9-8+;;;;/t2*20-,21-,22+;;;;/m10..../s1. The van der Waals surface area contributed by atoms with Crippen LogP contribution in [0.25, 0.3) is 0 Å². The highest BCUT2D eigenvalue weighted by molar-refractivity contribution is 5.77. The quantitative estimate of drug-likeness (QED) is 0.133. The van der Waals surface area contributed by atoms with Crippen LogP contribution in [0.5, 0.6) is 0 Å². The van der Waals surface area contributed by atoms with Gasteiger partial charge >= 0.3 is 0 Å². The second kappa shape index (κ2) is 32.5. The van der Waals surface area contributed by atoms with E-state index in [4.69, 9.17) is 18.9 Å². The Hall–Kier alpha value is -4.46. The van der Waals surface area contributed by atoms with Crippen LogP contribution in [0.15, 0.2) is 146 Å². The summed E-state index contributed by atoms with van der Waals surface area (Å²) >= 11 is 0. The number of carbonyl (C=O) groups is 2. The summed E-state index contributed by atoms with van der Waals surface area (Å²) in [6.07, 6.45) is 9.89. The molecular formula is C52H72O6. The van der Waals surface area contributed by atoms with Gasteiger partial charge in [0.15, 0.2) is 12.6 Å². The van der Waals surface area contributed by atoms with E-state index in [0.717, 1.165) is 35.1 Å². The fourth-order valence-electron chi connectivity index (χ4n) is 6.14. The summed E-state index contributed by atoms with van der Waals surface area (Å²) in [5.41, 5.74) is 4.40. The SMILES string of the molecule is CC.CC.CC.CC.CC(=O)C/C=C/C[C@@H]1CO[C@H](c2ccccc2)O[C@@H]1c1ccccc1.CC(=O)C/C=C/C[C@H]1CO[C@@H](c2ccccc2)O[C@H]1c1ccccc1. The first-order chi connectivity index (χ1) is 28.5. The molecule has 0 aliphatic carbocycles. The predicted octanol–water partition coefficient (Wildman–Crippen LogP) is 14.1. The van der Waals surface area contributed by atoms with Gasteiger partial charge in [-0.05, 0) is 37.8 Å². The topological polar surface area (TPSA) is 71.1 Å². The first kappa shape index (κ1) is 51.6. The van der Waals surface area contributed by atoms with Gasteiger partial charge in [-0.1, -0.05) is 201 Å². The zero-order valence-corrected chi connectivity index (χ0v) is 37.0. The van der Waals surface area contributed by atoms with Gasteiger partial charge in [0, 0.05) is 35.8 Å². The Morgan fingerprint density at radius 3 is 1.00 bits per heavy atom. The molecule has 2 aliphatic heterocycles. The third-order valence-electron chi connectivity index (χ3n) is 8.74. The predicted molar refractivity (Wildman–Crippen MR) is 241 cm³/mol. The van der Waals surface area contributed by atoms with Crippen LogP contribution in [0.2, 0.25) is 0 Å². The summed E-state index contributed by atoms with van der Waals surface area (Å²) in [7, 11) is 0. The fraction of sp³-hybridized carbons (Fsp3) is 0.423. The zero-order valence-electron chi connectivity index (χ0n) is 37.0. The monoisotopic (exact) mass is 793 g/mol. The summed E-state index contributed by atoms with van der Waals surface area (Å²) in [5.74, 6) is 0.809. The van der Waals surface area contributed by atoms with Crippen molar-refractivity contribution in [2.45, 2.75) is 120 Å². The van der Waals surface area contributed by atoms with Crippen molar-refractivity contribution in [1.29, 1.82) is 0 Å². The fourth-order valence-corrected chi connectivity index (χ4v) is 6.14. The number of hydrogen-bond donors (Lipinski definition) is 0. The third kappa shape index (κ3) is 18.9. The van der Waals surface area contributed by atoms with Gasteiger partial charge in [-0.25, -0.2) is 0 Å². The number of ketones is 2. The molecule has 2 fully saturated rings. The van der Waals surface area contributed by atoms with E-state index in [1.807, 2.05) is 165 Å². The minimum atomic E-state index is -0.344. The molecule has 2 saturated heterocycles. The number of hydrogen-bond acceptors (Lipinski definition) is 6. The van der Waals surface area contributed by atoms with Crippen molar-refractivity contribution < 1.29 is 28.5 Å². The van der Waals surface area contributed by atoms with Crippen LogP contribution >= 0.6 is 0 Å². The molecule has 0 spiro atoms. The molecule has 0 aromatic heterocycles. The van der Waals surface area contributed by atoms with E-state index >= 15 is 0 Å². The Kier molecular flexibility index (Phi) is 28.9. The molecule has 0 radical (unpaired) electrons. The molecule has 58 heavy (non-hydrogen) atoms. The lowest BCUT2D eigenvalue weighted by molar-refractivity contribution is -0.244. The lowest BCUT2D eigenvalue weighted by atomic mass is 9.92. The molecule has 6 atom stereocenters. The van der Waals surface area contributed by atoms with Crippen LogP contribution < -0.4 is 0 Å². The van der Waals surface area contributed by atoms with Crippen LogP contribution in [0, 0.1) is 11.8 Å². The number of allylic oxidation sites excluding steroid dienone is 4. The molecule has 6 rings (SSSR count). The molecule has 0 unspecified atom stereocenters. The maximum absolute atomic E-state index is 11.1. The van der Waals surface area contributed by atoms with Gasteiger partial charge < -0.3 is 18.9 Å². The minimum absolute atomic E-state index is 0.0258. The molecule has 6 nitrogen and oxygen atoms in total. The maximum atomic E-state index is 11.1. The number of benzene rings is 4. The van der Waals surface area contributed by atoms with E-state index in [1.165, 1.54) is 0 Å². The van der Waals surface area contributed by atoms with Crippen molar-refractivity contribution in [3.8, 4) is 0 Å². The van der Waals surface area contributed by atoms with E-state index in [1.54, 1.807) is 13.8 Å². The Bertz CT molecular complexity index is 1510. The van der Waals surface area contributed by atoms with E-state index in [-0.39, 0.29) is 48.2 Å². The summed E-state index contributed by atoms with van der Waals surface area (Å²) < 4.78 is 24.6. The lowest BCUT2D eigenvalue weighted by Gasteiger charge is -2.36. The molecule has 0 amide bonds. The Morgan fingerprint density at radius 2 is 0.724 bits per heavy atom. The van der Waals surface area contributed by atoms with Crippen LogP contribution in [-0.4, -0.2) is 24.8 Å². The van der Waals surface area contributed by atoms with Crippen molar-refractivity contribution in [2.24, 2.45) is 11.8 Å². The van der Waals surface area contributed by atoms with E-state index in [9.17, 15) is 9.59 Å². The number of ether oxygens (including phenoxy) is 4. The molecule has 0 N–H and O–H groups in total. The summed E-state index contributed by atoms with van der Waals surface area (Å²) in [5, 5.41) is 0. The van der Waals surface area contributed by atoms with Gasteiger partial charge in [0.1, 0.15) is 11.6 Å². The van der Waals surface area contributed by atoms with Gasteiger partial charge in [0.05, 0.1) is 25.4 Å². The van der Waals surface area contributed by atoms with Crippen molar-refractivity contribution in [1.82, 2.24) is 0 Å². The molecule has 6 heteroatoms. The van der Waals surface area contributed by atoms with Crippen molar-refractivity contribution in [3.05, 3.63) is 168 Å². The van der Waals surface area contributed by atoms with E-state index in [0.29, 0.717) is 26.1 Å². The largest absolute Gasteiger partial charge is 0.348 e. The highest BCUT2D eigenvalue weighted by Crippen LogP contribution is 2.41. The highest BCUT2D eigenvalue weighted by Gasteiger charge is 2.34. The molecule has 4 aromatic rings. The van der Waals surface area contributed by atoms with Crippen molar-refractivity contribution in [3.63, 3.8) is 0 Å². The summed E-state index contributed by atoms with van der Waals surface area (Å²) in [4.78, 5) is 22.2. The van der Waals surface area contributed by atoms with Gasteiger partial charge in [-0.2, -0.15) is 0 Å². The molecule has 4 aromatic carbocycles. The van der Waals surface area contributed by atoms with E-state index in [2.05, 4.69) is 36.4 Å². The minimum Gasteiger partial charge on any atom is -0.348 e. The van der Waals surface area contributed by atoms with Gasteiger partial charge in [-0.3, -0.25) is 9.59 Å². The maximum Gasteiger partial charge on any atom is 0.184 e. The number of rotatable bonds is 12. The average molecular weight is 793 g/mol. The molecule has 2 heterocycles. The molecule has 2 aliphatic rings. The van der Waals surface area contributed by atoms with Crippen LogP contribution in [-0.2, 0) is 28.5 Å². The Labute approximate surface area is 351 Å². The lowest BCUT2D eigenvalue weighted by Crippen LogP contribution is -2.30. The average Bonchev–Trinajstić information content (AvgIpc) is 3.30. The molecule has 0 saturated carbocycles.